The predicted octanol–water partition coefficient (Wildman–Crippen LogP) is -0.646. The summed E-state index contributed by atoms with van der Waals surface area (Å²) >= 11 is 1.36. The Kier molecular flexibility index (Phi) is 6.42. The largest absolute Gasteiger partial charge is 0.480 e. The number of nitrogens with one attached hydrogen (secondary N) is 1. The molecule has 8 heteroatoms. The Balaban J connectivity index is 4.50. The van der Waals surface area contributed by atoms with E-state index in [1.807, 2.05) is 0 Å². The van der Waals surface area contributed by atoms with Gasteiger partial charge in [0.05, 0.1) is 11.5 Å². The van der Waals surface area contributed by atoms with Gasteiger partial charge in [0.15, 0.2) is 9.84 Å². The van der Waals surface area contributed by atoms with Crippen LogP contribution in [0.2, 0.25) is 0 Å². The first-order valence-corrected chi connectivity index (χ1v) is 7.69. The Morgan fingerprint density at radius 3 is 2.38 bits per heavy atom. The number of hydrogen-bond donors (Lipinski definition) is 2. The summed E-state index contributed by atoms with van der Waals surface area (Å²) in [6, 6.07) is -1.37. The summed E-state index contributed by atoms with van der Waals surface area (Å²) in [5.74, 6) is -2.15. The topological polar surface area (TPSA) is 101 Å². The number of thioether (sulfide) groups is 1. The minimum Gasteiger partial charge on any atom is -0.480 e. The molecule has 0 aromatic carbocycles. The van der Waals surface area contributed by atoms with E-state index in [4.69, 9.17) is 5.11 Å². The zero-order valence-electron chi connectivity index (χ0n) is 9.10. The van der Waals surface area contributed by atoms with Crippen molar-refractivity contribution in [2.24, 2.45) is 0 Å². The van der Waals surface area contributed by atoms with Crippen molar-refractivity contribution in [1.82, 2.24) is 5.32 Å². The molecular formula is C8H15NO5S2. The van der Waals surface area contributed by atoms with E-state index in [9.17, 15) is 18.0 Å². The lowest BCUT2D eigenvalue weighted by Crippen LogP contribution is -2.45. The van der Waals surface area contributed by atoms with Crippen molar-refractivity contribution in [1.29, 1.82) is 0 Å². The van der Waals surface area contributed by atoms with Crippen LogP contribution >= 0.6 is 11.8 Å². The molecule has 0 rings (SSSR count). The van der Waals surface area contributed by atoms with Gasteiger partial charge in [-0.2, -0.15) is 11.8 Å². The Labute approximate surface area is 98.7 Å². The van der Waals surface area contributed by atoms with Crippen LogP contribution in [0.5, 0.6) is 0 Å². The van der Waals surface area contributed by atoms with Crippen molar-refractivity contribution in [2.45, 2.75) is 13.0 Å². The van der Waals surface area contributed by atoms with Crippen LogP contribution in [0.15, 0.2) is 0 Å². The summed E-state index contributed by atoms with van der Waals surface area (Å²) in [6.07, 6.45) is 1.76. The van der Waals surface area contributed by atoms with Crippen LogP contribution in [0.1, 0.15) is 6.92 Å². The van der Waals surface area contributed by atoms with E-state index in [1.165, 1.54) is 11.8 Å². The zero-order chi connectivity index (χ0) is 12.8. The fourth-order valence-corrected chi connectivity index (χ4v) is 3.55. The zero-order valence-corrected chi connectivity index (χ0v) is 10.7. The number of aliphatic carboxylic acids is 1. The van der Waals surface area contributed by atoms with Crippen LogP contribution in [0.25, 0.3) is 0 Å². The summed E-state index contributed by atoms with van der Waals surface area (Å²) in [7, 11) is -3.45. The van der Waals surface area contributed by atoms with Gasteiger partial charge in [-0.3, -0.25) is 4.79 Å². The molecule has 1 amide bonds. The van der Waals surface area contributed by atoms with E-state index in [2.05, 4.69) is 5.32 Å². The maximum atomic E-state index is 11.5. The van der Waals surface area contributed by atoms with Crippen molar-refractivity contribution < 1.29 is 23.1 Å². The second kappa shape index (κ2) is 6.74. The van der Waals surface area contributed by atoms with Crippen molar-refractivity contribution >= 4 is 33.5 Å². The summed E-state index contributed by atoms with van der Waals surface area (Å²) in [4.78, 5) is 21.4. The maximum absolute atomic E-state index is 11.5. The molecule has 6 nitrogen and oxygen atoms in total. The van der Waals surface area contributed by atoms with E-state index in [1.54, 1.807) is 6.26 Å². The van der Waals surface area contributed by atoms with Crippen molar-refractivity contribution in [3.63, 3.8) is 0 Å². The van der Waals surface area contributed by atoms with Gasteiger partial charge in [0.1, 0.15) is 6.04 Å². The molecule has 16 heavy (non-hydrogen) atoms. The van der Waals surface area contributed by atoms with Crippen LogP contribution in [0.3, 0.4) is 0 Å². The van der Waals surface area contributed by atoms with Gasteiger partial charge in [-0.05, 0) is 6.26 Å². The fraction of sp³-hybridized carbons (Fsp3) is 0.750. The fourth-order valence-electron chi connectivity index (χ4n) is 0.968. The smallest absolute Gasteiger partial charge is 0.327 e. The molecular weight excluding hydrogens is 254 g/mol. The first-order valence-electron chi connectivity index (χ1n) is 4.48. The molecule has 0 bridgehead atoms. The molecule has 2 N–H and O–H groups in total. The number of sulfone groups is 1. The molecule has 0 fully saturated rings. The van der Waals surface area contributed by atoms with E-state index in [0.29, 0.717) is 5.75 Å². The molecule has 1 atom stereocenters. The second-order valence-electron chi connectivity index (χ2n) is 3.20. The third-order valence-electron chi connectivity index (χ3n) is 1.69. The molecule has 0 saturated carbocycles. The van der Waals surface area contributed by atoms with Gasteiger partial charge in [0.25, 0.3) is 0 Å². The van der Waals surface area contributed by atoms with Crippen molar-refractivity contribution in [3.05, 3.63) is 0 Å². The van der Waals surface area contributed by atoms with E-state index in [-0.39, 0.29) is 5.75 Å². The average molecular weight is 269 g/mol. The molecule has 0 aliphatic carbocycles. The molecule has 0 aliphatic rings. The highest BCUT2D eigenvalue weighted by molar-refractivity contribution is 8.00. The van der Waals surface area contributed by atoms with Gasteiger partial charge in [-0.25, -0.2) is 13.2 Å². The van der Waals surface area contributed by atoms with Gasteiger partial charge < -0.3 is 10.4 Å². The maximum Gasteiger partial charge on any atom is 0.327 e. The third kappa shape index (κ3) is 6.67. The molecule has 0 spiro atoms. The van der Waals surface area contributed by atoms with Crippen LogP contribution < -0.4 is 5.32 Å². The Morgan fingerprint density at radius 1 is 1.44 bits per heavy atom. The van der Waals surface area contributed by atoms with E-state index >= 15 is 0 Å². The quantitative estimate of drug-likeness (QED) is 0.637. The lowest BCUT2D eigenvalue weighted by Gasteiger charge is -2.13. The van der Waals surface area contributed by atoms with Crippen molar-refractivity contribution in [3.8, 4) is 0 Å². The van der Waals surface area contributed by atoms with Crippen molar-refractivity contribution in [2.75, 3.05) is 23.5 Å². The van der Waals surface area contributed by atoms with Crippen LogP contribution in [-0.4, -0.2) is 55.0 Å². The molecule has 0 aromatic rings. The number of carbonyl (C=O) groups is 2. The number of carbonyl (C=O) groups excluding carboxylic acids is 1. The number of carboxylic acids is 1. The van der Waals surface area contributed by atoms with Gasteiger partial charge in [0.2, 0.25) is 5.91 Å². The molecule has 0 saturated heterocycles. The number of carboxylic acid groups (broad SMARTS) is 1. The van der Waals surface area contributed by atoms with E-state index in [0.717, 1.165) is 6.92 Å². The minimum atomic E-state index is -3.45. The van der Waals surface area contributed by atoms with Crippen LogP contribution in [-0.2, 0) is 19.4 Å². The standard InChI is InChI=1S/C8H15NO5S2/c1-6(10)9-7(8(11)12)5-16(13,14)4-3-15-2/h7H,3-5H2,1-2H3,(H,9,10)(H,11,12). The third-order valence-corrected chi connectivity index (χ3v) is 4.23. The van der Waals surface area contributed by atoms with E-state index < -0.39 is 33.5 Å². The normalized spacial score (nSPS) is 13.1. The summed E-state index contributed by atoms with van der Waals surface area (Å²) in [5.41, 5.74) is 0. The monoisotopic (exact) mass is 269 g/mol. The van der Waals surface area contributed by atoms with Gasteiger partial charge in [-0.1, -0.05) is 0 Å². The second-order valence-corrected chi connectivity index (χ2v) is 6.41. The summed E-state index contributed by atoms with van der Waals surface area (Å²) in [5, 5.41) is 10.8. The van der Waals surface area contributed by atoms with Gasteiger partial charge in [0, 0.05) is 12.7 Å². The highest BCUT2D eigenvalue weighted by Crippen LogP contribution is 2.00. The predicted molar refractivity (Wildman–Crippen MR) is 62.3 cm³/mol. The molecule has 1 unspecified atom stereocenters. The minimum absolute atomic E-state index is 0.0858. The van der Waals surface area contributed by atoms with Crippen LogP contribution in [0, 0.1) is 0 Å². The Hall–Kier alpha value is -0.760. The molecule has 0 radical (unpaired) electrons. The first kappa shape index (κ1) is 15.2. The Morgan fingerprint density at radius 2 is 2.00 bits per heavy atom. The number of hydrogen-bond acceptors (Lipinski definition) is 5. The van der Waals surface area contributed by atoms with Gasteiger partial charge in [-0.15, -0.1) is 0 Å². The first-order chi connectivity index (χ1) is 7.28. The SMILES string of the molecule is CSCCS(=O)(=O)CC(NC(C)=O)C(=O)O. The number of amides is 1. The molecule has 0 aliphatic heterocycles. The van der Waals surface area contributed by atoms with Gasteiger partial charge >= 0.3 is 5.97 Å². The highest BCUT2D eigenvalue weighted by Gasteiger charge is 2.25. The molecule has 0 aromatic heterocycles. The number of rotatable bonds is 7. The highest BCUT2D eigenvalue weighted by atomic mass is 32.2. The van der Waals surface area contributed by atoms with Crippen LogP contribution in [0.4, 0.5) is 0 Å². The molecule has 0 heterocycles. The summed E-state index contributed by atoms with van der Waals surface area (Å²) < 4.78 is 22.9. The summed E-state index contributed by atoms with van der Waals surface area (Å²) in [6.45, 7) is 1.14. The lowest BCUT2D eigenvalue weighted by atomic mass is 10.3. The molecule has 94 valence electrons. The Bertz CT molecular complexity index is 351. The average Bonchev–Trinajstić information content (AvgIpc) is 2.12. The lowest BCUT2D eigenvalue weighted by molar-refractivity contribution is -0.140.